The van der Waals surface area contributed by atoms with Gasteiger partial charge in [-0.2, -0.15) is 0 Å². The van der Waals surface area contributed by atoms with Crippen LogP contribution in [0.5, 0.6) is 0 Å². The quantitative estimate of drug-likeness (QED) is 0.436. The van der Waals surface area contributed by atoms with E-state index in [0.29, 0.717) is 13.1 Å². The molecule has 1 unspecified atom stereocenters. The standard InChI is InChI=1S/C26H28N2O5S/c1-20(33-26(30)23-14-16-24(17-15-23)34(31,32)27(2)3)25(29)28(18-21-10-6-4-7-11-21)19-22-12-8-5-9-13-22/h4-17,20H,18-19H2,1-3H3. The fourth-order valence-corrected chi connectivity index (χ4v) is 4.23. The fraction of sp³-hybridized carbons (Fsp3) is 0.231. The van der Waals surface area contributed by atoms with Gasteiger partial charge < -0.3 is 9.64 Å². The first-order valence-corrected chi connectivity index (χ1v) is 12.2. The molecular weight excluding hydrogens is 452 g/mol. The first-order chi connectivity index (χ1) is 16.2. The zero-order valence-electron chi connectivity index (χ0n) is 19.4. The zero-order chi connectivity index (χ0) is 24.7. The number of hydrogen-bond donors (Lipinski definition) is 0. The lowest BCUT2D eigenvalue weighted by atomic mass is 10.1. The van der Waals surface area contributed by atoms with Crippen molar-refractivity contribution >= 4 is 21.9 Å². The van der Waals surface area contributed by atoms with Gasteiger partial charge in [0, 0.05) is 27.2 Å². The van der Waals surface area contributed by atoms with Crippen LogP contribution in [-0.2, 0) is 32.6 Å². The van der Waals surface area contributed by atoms with Crippen molar-refractivity contribution in [1.82, 2.24) is 9.21 Å². The minimum absolute atomic E-state index is 0.0649. The average molecular weight is 481 g/mol. The molecular formula is C26H28N2O5S. The Bertz CT molecular complexity index is 1170. The van der Waals surface area contributed by atoms with Gasteiger partial charge in [0.25, 0.3) is 5.91 Å². The first kappa shape index (κ1) is 25.1. The molecule has 3 aromatic carbocycles. The van der Waals surface area contributed by atoms with Crippen molar-refractivity contribution < 1.29 is 22.7 Å². The molecule has 178 valence electrons. The molecule has 1 amide bonds. The molecule has 0 aromatic heterocycles. The summed E-state index contributed by atoms with van der Waals surface area (Å²) in [5.74, 6) is -1.03. The minimum atomic E-state index is -3.61. The number of carbonyl (C=O) groups excluding carboxylic acids is 2. The van der Waals surface area contributed by atoms with Crippen molar-refractivity contribution in [1.29, 1.82) is 0 Å². The van der Waals surface area contributed by atoms with E-state index in [2.05, 4.69) is 0 Å². The molecule has 0 heterocycles. The highest BCUT2D eigenvalue weighted by atomic mass is 32.2. The molecule has 0 radical (unpaired) electrons. The molecule has 0 saturated carbocycles. The summed E-state index contributed by atoms with van der Waals surface area (Å²) in [6.45, 7) is 2.27. The summed E-state index contributed by atoms with van der Waals surface area (Å²) in [4.78, 5) is 27.6. The first-order valence-electron chi connectivity index (χ1n) is 10.8. The highest BCUT2D eigenvalue weighted by Gasteiger charge is 2.25. The van der Waals surface area contributed by atoms with Crippen LogP contribution in [-0.4, -0.2) is 49.7 Å². The molecule has 1 atom stereocenters. The molecule has 0 saturated heterocycles. The number of esters is 1. The van der Waals surface area contributed by atoms with Crippen molar-refractivity contribution in [2.45, 2.75) is 31.0 Å². The molecule has 0 aliphatic heterocycles. The van der Waals surface area contributed by atoms with E-state index in [1.54, 1.807) is 4.90 Å². The number of benzene rings is 3. The largest absolute Gasteiger partial charge is 0.449 e. The summed E-state index contributed by atoms with van der Waals surface area (Å²) < 4.78 is 31.0. The van der Waals surface area contributed by atoms with Crippen molar-refractivity contribution in [3.05, 3.63) is 102 Å². The Labute approximate surface area is 200 Å². The third kappa shape index (κ3) is 6.30. The van der Waals surface area contributed by atoms with Crippen LogP contribution >= 0.6 is 0 Å². The van der Waals surface area contributed by atoms with Crippen molar-refractivity contribution in [3.63, 3.8) is 0 Å². The number of nitrogens with zero attached hydrogens (tertiary/aromatic N) is 2. The van der Waals surface area contributed by atoms with Crippen molar-refractivity contribution in [2.75, 3.05) is 14.1 Å². The molecule has 0 N–H and O–H groups in total. The predicted molar refractivity (Wildman–Crippen MR) is 129 cm³/mol. The van der Waals surface area contributed by atoms with Crippen LogP contribution in [0.25, 0.3) is 0 Å². The molecule has 0 aliphatic carbocycles. The Hall–Kier alpha value is -3.49. The lowest BCUT2D eigenvalue weighted by Gasteiger charge is -2.26. The number of ether oxygens (including phenoxy) is 1. The number of rotatable bonds is 9. The summed E-state index contributed by atoms with van der Waals surface area (Å²) in [6, 6.07) is 24.6. The second kappa shape index (κ2) is 11.1. The molecule has 0 aliphatic rings. The van der Waals surface area contributed by atoms with Gasteiger partial charge in [0.15, 0.2) is 6.10 Å². The van der Waals surface area contributed by atoms with Crippen LogP contribution in [0.3, 0.4) is 0 Å². The van der Waals surface area contributed by atoms with Gasteiger partial charge in [-0.3, -0.25) is 4.79 Å². The maximum atomic E-state index is 13.2. The van der Waals surface area contributed by atoms with E-state index in [-0.39, 0.29) is 16.4 Å². The molecule has 0 fully saturated rings. The van der Waals surface area contributed by atoms with Crippen LogP contribution in [0.2, 0.25) is 0 Å². The van der Waals surface area contributed by atoms with Gasteiger partial charge in [-0.1, -0.05) is 60.7 Å². The Balaban J connectivity index is 1.73. The minimum Gasteiger partial charge on any atom is -0.449 e. The van der Waals surface area contributed by atoms with E-state index >= 15 is 0 Å². The summed E-state index contributed by atoms with van der Waals surface area (Å²) in [5, 5.41) is 0. The Morgan fingerprint density at radius 1 is 0.794 bits per heavy atom. The second-order valence-electron chi connectivity index (χ2n) is 8.02. The number of carbonyl (C=O) groups is 2. The van der Waals surface area contributed by atoms with Crippen LogP contribution in [0.1, 0.15) is 28.4 Å². The van der Waals surface area contributed by atoms with E-state index in [9.17, 15) is 18.0 Å². The Morgan fingerprint density at radius 2 is 1.26 bits per heavy atom. The second-order valence-corrected chi connectivity index (χ2v) is 10.2. The van der Waals surface area contributed by atoms with Gasteiger partial charge in [-0.05, 0) is 42.3 Å². The van der Waals surface area contributed by atoms with Gasteiger partial charge in [0.2, 0.25) is 10.0 Å². The fourth-order valence-electron chi connectivity index (χ4n) is 3.33. The third-order valence-electron chi connectivity index (χ3n) is 5.24. The van der Waals surface area contributed by atoms with Crippen LogP contribution in [0, 0.1) is 0 Å². The number of hydrogen-bond acceptors (Lipinski definition) is 5. The lowest BCUT2D eigenvalue weighted by molar-refractivity contribution is -0.141. The third-order valence-corrected chi connectivity index (χ3v) is 7.07. The van der Waals surface area contributed by atoms with Crippen molar-refractivity contribution in [2.24, 2.45) is 0 Å². The van der Waals surface area contributed by atoms with Gasteiger partial charge >= 0.3 is 5.97 Å². The van der Waals surface area contributed by atoms with Gasteiger partial charge in [-0.15, -0.1) is 0 Å². The predicted octanol–water partition coefficient (Wildman–Crippen LogP) is 3.71. The van der Waals surface area contributed by atoms with Crippen LogP contribution in [0.4, 0.5) is 0 Å². The van der Waals surface area contributed by atoms with Gasteiger partial charge in [0.05, 0.1) is 10.5 Å². The highest BCUT2D eigenvalue weighted by Crippen LogP contribution is 2.17. The average Bonchev–Trinajstić information content (AvgIpc) is 2.84. The summed E-state index contributed by atoms with van der Waals surface area (Å²) in [6.07, 6.45) is -1.02. The SMILES string of the molecule is CC(OC(=O)c1ccc(S(=O)(=O)N(C)C)cc1)C(=O)N(Cc1ccccc1)Cc1ccccc1. The normalized spacial score (nSPS) is 12.2. The Morgan fingerprint density at radius 3 is 1.71 bits per heavy atom. The molecule has 3 aromatic rings. The Kier molecular flexibility index (Phi) is 8.20. The van der Waals surface area contributed by atoms with Crippen LogP contribution < -0.4 is 0 Å². The van der Waals surface area contributed by atoms with E-state index < -0.39 is 22.1 Å². The maximum Gasteiger partial charge on any atom is 0.338 e. The van der Waals surface area contributed by atoms with Crippen molar-refractivity contribution in [3.8, 4) is 0 Å². The van der Waals surface area contributed by atoms with E-state index in [1.807, 2.05) is 60.7 Å². The zero-order valence-corrected chi connectivity index (χ0v) is 20.2. The smallest absolute Gasteiger partial charge is 0.338 e. The highest BCUT2D eigenvalue weighted by molar-refractivity contribution is 7.89. The van der Waals surface area contributed by atoms with Gasteiger partial charge in [0.1, 0.15) is 0 Å². The van der Waals surface area contributed by atoms with E-state index in [4.69, 9.17) is 4.74 Å². The molecule has 34 heavy (non-hydrogen) atoms. The monoisotopic (exact) mass is 480 g/mol. The van der Waals surface area contributed by atoms with E-state index in [1.165, 1.54) is 45.3 Å². The lowest BCUT2D eigenvalue weighted by Crippen LogP contribution is -2.39. The number of amides is 1. The molecule has 0 bridgehead atoms. The topological polar surface area (TPSA) is 84.0 Å². The van der Waals surface area contributed by atoms with E-state index in [0.717, 1.165) is 15.4 Å². The summed E-state index contributed by atoms with van der Waals surface area (Å²) >= 11 is 0. The number of sulfonamides is 1. The molecule has 3 rings (SSSR count). The summed E-state index contributed by atoms with van der Waals surface area (Å²) in [5.41, 5.74) is 2.08. The van der Waals surface area contributed by atoms with Gasteiger partial charge in [-0.25, -0.2) is 17.5 Å². The molecule has 8 heteroatoms. The summed E-state index contributed by atoms with van der Waals surface area (Å²) in [7, 11) is -0.742. The molecule has 0 spiro atoms. The maximum absolute atomic E-state index is 13.2. The van der Waals surface area contributed by atoms with Crippen LogP contribution in [0.15, 0.2) is 89.8 Å². The molecule has 7 nitrogen and oxygen atoms in total.